The van der Waals surface area contributed by atoms with Crippen molar-refractivity contribution >= 4 is 11.8 Å². The summed E-state index contributed by atoms with van der Waals surface area (Å²) in [5, 5.41) is 13.4. The van der Waals surface area contributed by atoms with Crippen LogP contribution in [0.4, 0.5) is 0 Å². The van der Waals surface area contributed by atoms with Crippen LogP contribution in [0.1, 0.15) is 58.3 Å². The molecule has 0 amide bonds. The summed E-state index contributed by atoms with van der Waals surface area (Å²) in [5.41, 5.74) is 0. The Labute approximate surface area is 111 Å². The van der Waals surface area contributed by atoms with Gasteiger partial charge in [-0.05, 0) is 38.0 Å². The lowest BCUT2D eigenvalue weighted by atomic mass is 9.96. The Morgan fingerprint density at radius 3 is 2.65 bits per heavy atom. The van der Waals surface area contributed by atoms with Gasteiger partial charge >= 0.3 is 0 Å². The summed E-state index contributed by atoms with van der Waals surface area (Å²) in [6, 6.07) is 0.707. The van der Waals surface area contributed by atoms with Gasteiger partial charge < -0.3 is 10.4 Å². The zero-order valence-corrected chi connectivity index (χ0v) is 12.1. The highest BCUT2D eigenvalue weighted by atomic mass is 32.2. The fraction of sp³-hybridized carbons (Fsp3) is 1.00. The second-order valence-electron chi connectivity index (χ2n) is 5.04. The molecule has 0 aromatic heterocycles. The largest absolute Gasteiger partial charge is 0.396 e. The molecule has 17 heavy (non-hydrogen) atoms. The third-order valence-corrected chi connectivity index (χ3v) is 5.01. The van der Waals surface area contributed by atoms with E-state index >= 15 is 0 Å². The van der Waals surface area contributed by atoms with Crippen molar-refractivity contribution < 1.29 is 5.11 Å². The number of thioether (sulfide) groups is 1. The van der Waals surface area contributed by atoms with Gasteiger partial charge in [-0.1, -0.05) is 32.6 Å². The van der Waals surface area contributed by atoms with Gasteiger partial charge in [0.15, 0.2) is 0 Å². The molecule has 1 aliphatic rings. The smallest absolute Gasteiger partial charge is 0.0438 e. The molecule has 2 atom stereocenters. The van der Waals surface area contributed by atoms with Crippen LogP contribution in [-0.2, 0) is 0 Å². The third kappa shape index (κ3) is 6.68. The lowest BCUT2D eigenvalue weighted by Gasteiger charge is -2.30. The first-order valence-electron chi connectivity index (χ1n) is 7.34. The Morgan fingerprint density at radius 1 is 1.18 bits per heavy atom. The molecule has 1 aliphatic carbocycles. The zero-order valence-electron chi connectivity index (χ0n) is 11.3. The Kier molecular flexibility index (Phi) is 9.21. The van der Waals surface area contributed by atoms with Crippen molar-refractivity contribution in [3.05, 3.63) is 0 Å². The fourth-order valence-corrected chi connectivity index (χ4v) is 3.91. The number of aliphatic hydroxyl groups excluding tert-OH is 1. The van der Waals surface area contributed by atoms with Gasteiger partial charge in [0.05, 0.1) is 0 Å². The van der Waals surface area contributed by atoms with Gasteiger partial charge in [0.25, 0.3) is 0 Å². The molecule has 0 saturated heterocycles. The van der Waals surface area contributed by atoms with E-state index in [1.165, 1.54) is 44.9 Å². The maximum absolute atomic E-state index is 8.87. The van der Waals surface area contributed by atoms with E-state index in [9.17, 15) is 0 Å². The van der Waals surface area contributed by atoms with Crippen molar-refractivity contribution in [2.45, 2.75) is 69.6 Å². The summed E-state index contributed by atoms with van der Waals surface area (Å²) in [5.74, 6) is 1.12. The van der Waals surface area contributed by atoms with Crippen LogP contribution in [0.2, 0.25) is 0 Å². The first-order chi connectivity index (χ1) is 8.38. The maximum atomic E-state index is 8.87. The molecule has 0 aromatic carbocycles. The minimum absolute atomic E-state index is 0.340. The number of hydrogen-bond acceptors (Lipinski definition) is 3. The molecule has 2 nitrogen and oxygen atoms in total. The summed E-state index contributed by atoms with van der Waals surface area (Å²) >= 11 is 2.08. The molecule has 2 N–H and O–H groups in total. The van der Waals surface area contributed by atoms with E-state index in [1.54, 1.807) is 0 Å². The minimum Gasteiger partial charge on any atom is -0.396 e. The van der Waals surface area contributed by atoms with E-state index in [0.717, 1.165) is 24.0 Å². The third-order valence-electron chi connectivity index (χ3n) is 3.49. The van der Waals surface area contributed by atoms with Gasteiger partial charge in [-0.25, -0.2) is 0 Å². The predicted octanol–water partition coefficient (Wildman–Crippen LogP) is 3.19. The van der Waals surface area contributed by atoms with Gasteiger partial charge in [0.1, 0.15) is 0 Å². The van der Waals surface area contributed by atoms with Crippen LogP contribution in [0.15, 0.2) is 0 Å². The molecule has 102 valence electrons. The zero-order chi connectivity index (χ0) is 12.3. The molecule has 0 bridgehead atoms. The van der Waals surface area contributed by atoms with Crippen molar-refractivity contribution in [2.75, 3.05) is 18.9 Å². The van der Waals surface area contributed by atoms with E-state index in [4.69, 9.17) is 5.11 Å². The summed E-state index contributed by atoms with van der Waals surface area (Å²) in [6.07, 6.45) is 10.5. The molecule has 2 unspecified atom stereocenters. The normalized spacial score (nSPS) is 26.5. The fourth-order valence-electron chi connectivity index (χ4n) is 2.51. The second kappa shape index (κ2) is 10.2. The topological polar surface area (TPSA) is 32.3 Å². The van der Waals surface area contributed by atoms with Gasteiger partial charge in [-0.15, -0.1) is 0 Å². The summed E-state index contributed by atoms with van der Waals surface area (Å²) in [6.45, 7) is 3.73. The van der Waals surface area contributed by atoms with Crippen molar-refractivity contribution in [1.82, 2.24) is 5.32 Å². The lowest BCUT2D eigenvalue weighted by molar-refractivity contribution is 0.296. The molecule has 3 heteroatoms. The maximum Gasteiger partial charge on any atom is 0.0438 e. The van der Waals surface area contributed by atoms with E-state index in [1.807, 2.05) is 0 Å². The van der Waals surface area contributed by atoms with Crippen LogP contribution in [0.25, 0.3) is 0 Å². The average molecular weight is 259 g/mol. The molecule has 0 aliphatic heterocycles. The van der Waals surface area contributed by atoms with Gasteiger partial charge in [-0.2, -0.15) is 11.8 Å². The summed E-state index contributed by atoms with van der Waals surface area (Å²) < 4.78 is 0. The van der Waals surface area contributed by atoms with Crippen LogP contribution in [-0.4, -0.2) is 35.3 Å². The van der Waals surface area contributed by atoms with Crippen molar-refractivity contribution in [2.24, 2.45) is 0 Å². The van der Waals surface area contributed by atoms with Crippen molar-refractivity contribution in [3.63, 3.8) is 0 Å². The summed E-state index contributed by atoms with van der Waals surface area (Å²) in [7, 11) is 0. The van der Waals surface area contributed by atoms with Crippen LogP contribution < -0.4 is 5.32 Å². The second-order valence-corrected chi connectivity index (χ2v) is 6.39. The molecule has 0 spiro atoms. The van der Waals surface area contributed by atoms with E-state index in [0.29, 0.717) is 12.6 Å². The Morgan fingerprint density at radius 2 is 1.94 bits per heavy atom. The molecule has 1 saturated carbocycles. The SMILES string of the molecule is CCCNC1CCCCCCC1SCCCO. The quantitative estimate of drug-likeness (QED) is 0.689. The molecular weight excluding hydrogens is 230 g/mol. The summed E-state index contributed by atoms with van der Waals surface area (Å²) in [4.78, 5) is 0. The predicted molar refractivity (Wildman–Crippen MR) is 77.7 cm³/mol. The Hall–Kier alpha value is 0.270. The molecule has 1 fully saturated rings. The van der Waals surface area contributed by atoms with E-state index in [2.05, 4.69) is 24.0 Å². The van der Waals surface area contributed by atoms with Crippen LogP contribution in [0, 0.1) is 0 Å². The molecule has 0 aromatic rings. The van der Waals surface area contributed by atoms with Crippen LogP contribution in [0.5, 0.6) is 0 Å². The molecule has 0 radical (unpaired) electrons. The van der Waals surface area contributed by atoms with Crippen molar-refractivity contribution in [3.8, 4) is 0 Å². The monoisotopic (exact) mass is 259 g/mol. The molecule has 1 rings (SSSR count). The molecular formula is C14H29NOS. The van der Waals surface area contributed by atoms with Crippen LogP contribution >= 0.6 is 11.8 Å². The van der Waals surface area contributed by atoms with Gasteiger partial charge in [-0.3, -0.25) is 0 Å². The van der Waals surface area contributed by atoms with Crippen molar-refractivity contribution in [1.29, 1.82) is 0 Å². The minimum atomic E-state index is 0.340. The highest BCUT2D eigenvalue weighted by molar-refractivity contribution is 7.99. The van der Waals surface area contributed by atoms with Crippen LogP contribution in [0.3, 0.4) is 0 Å². The van der Waals surface area contributed by atoms with E-state index < -0.39 is 0 Å². The number of aliphatic hydroxyl groups is 1. The highest BCUT2D eigenvalue weighted by Crippen LogP contribution is 2.27. The number of rotatable bonds is 7. The standard InChI is InChI=1S/C14H29NOS/c1-2-10-15-13-8-5-3-4-6-9-14(13)17-12-7-11-16/h13-16H,2-12H2,1H3. The van der Waals surface area contributed by atoms with Gasteiger partial charge in [0, 0.05) is 17.9 Å². The Balaban J connectivity index is 2.37. The first kappa shape index (κ1) is 15.3. The Bertz CT molecular complexity index is 176. The first-order valence-corrected chi connectivity index (χ1v) is 8.39. The average Bonchev–Trinajstić information content (AvgIpc) is 2.31. The highest BCUT2D eigenvalue weighted by Gasteiger charge is 2.22. The number of nitrogens with one attached hydrogen (secondary N) is 1. The molecule has 0 heterocycles. The van der Waals surface area contributed by atoms with Gasteiger partial charge in [0.2, 0.25) is 0 Å². The van der Waals surface area contributed by atoms with E-state index in [-0.39, 0.29) is 0 Å². The number of hydrogen-bond donors (Lipinski definition) is 2. The lowest BCUT2D eigenvalue weighted by Crippen LogP contribution is -2.39.